The summed E-state index contributed by atoms with van der Waals surface area (Å²) in [7, 11) is 2.89. The van der Waals surface area contributed by atoms with Crippen molar-refractivity contribution in [3.8, 4) is 0 Å². The van der Waals surface area contributed by atoms with Crippen molar-refractivity contribution in [1.29, 1.82) is 0 Å². The molecule has 17 heteroatoms. The van der Waals surface area contributed by atoms with Gasteiger partial charge in [-0.1, -0.05) is 49.3 Å². The number of carbonyl (C=O) groups excluding carboxylic acids is 4. The molecule has 10 bridgehead atoms. The fourth-order valence-electron chi connectivity index (χ4n) is 6.34. The molecule has 50 heavy (non-hydrogen) atoms. The first-order valence-electron chi connectivity index (χ1n) is 16.9. The second-order valence-corrected chi connectivity index (χ2v) is 18.3. The van der Waals surface area contributed by atoms with Gasteiger partial charge in [0, 0.05) is 34.6 Å². The topological polar surface area (TPSA) is 173 Å². The molecule has 8 atom stereocenters. The molecule has 3 N–H and O–H groups in total. The molecular weight excluding hydrogens is 719 g/mol. The molecule has 4 aliphatic heterocycles. The minimum atomic E-state index is -0.839. The Kier molecular flexibility index (Phi) is 11.5. The van der Waals surface area contributed by atoms with E-state index in [1.165, 1.54) is 44.3 Å². The van der Waals surface area contributed by atoms with Gasteiger partial charge in [0.05, 0.1) is 11.0 Å². The van der Waals surface area contributed by atoms with Crippen LogP contribution >= 0.6 is 44.3 Å². The van der Waals surface area contributed by atoms with Gasteiger partial charge in [-0.15, -0.1) is 22.7 Å². The Bertz CT molecular complexity index is 1550. The molecule has 3 amide bonds. The fourth-order valence-corrected chi connectivity index (χ4v) is 10.4. The molecule has 0 fully saturated rings. The smallest absolute Gasteiger partial charge is 0.271 e. The van der Waals surface area contributed by atoms with Crippen LogP contribution in [0, 0.1) is 11.8 Å². The summed E-state index contributed by atoms with van der Waals surface area (Å²) >= 11 is 2.66. The molecule has 0 spiro atoms. The monoisotopic (exact) mass is 761 g/mol. The highest BCUT2D eigenvalue weighted by Gasteiger charge is 2.41. The number of rotatable bonds is 4. The molecule has 0 saturated heterocycles. The van der Waals surface area contributed by atoms with E-state index in [0.29, 0.717) is 40.3 Å². The van der Waals surface area contributed by atoms with Crippen LogP contribution in [0.2, 0.25) is 0 Å². The SMILES string of the molecule is CC(C)CC1CC(=O)[C@H]2N=C(O[C@@H]2C)[C@H]2CSSC[C@@H](NC(=O)c3csc1n3)C1=NC(C(=O)N[C@H](CC(C)C)c3nc(cs3)C(=O)N2)[C@@H](C)O1. The lowest BCUT2D eigenvalue weighted by atomic mass is 9.90. The fraction of sp³-hybridized carbons (Fsp3) is 0.636. The molecule has 0 radical (unpaired) electrons. The van der Waals surface area contributed by atoms with Gasteiger partial charge in [0.2, 0.25) is 17.7 Å². The molecule has 13 nitrogen and oxygen atoms in total. The molecule has 0 aliphatic carbocycles. The van der Waals surface area contributed by atoms with E-state index in [4.69, 9.17) is 24.4 Å². The molecule has 6 heterocycles. The number of thiazole rings is 2. The number of fused-ring (bicyclic) bond motifs is 13. The first kappa shape index (κ1) is 36.8. The van der Waals surface area contributed by atoms with Crippen molar-refractivity contribution < 1.29 is 28.7 Å². The van der Waals surface area contributed by atoms with E-state index >= 15 is 0 Å². The summed E-state index contributed by atoms with van der Waals surface area (Å²) in [5, 5.41) is 13.9. The highest BCUT2D eigenvalue weighted by molar-refractivity contribution is 8.76. The van der Waals surface area contributed by atoms with E-state index < -0.39 is 54.2 Å². The first-order valence-corrected chi connectivity index (χ1v) is 21.2. The van der Waals surface area contributed by atoms with Crippen molar-refractivity contribution in [1.82, 2.24) is 25.9 Å². The summed E-state index contributed by atoms with van der Waals surface area (Å²) in [4.78, 5) is 73.7. The van der Waals surface area contributed by atoms with Crippen LogP contribution in [-0.2, 0) is 19.1 Å². The molecule has 4 aliphatic rings. The number of amides is 3. The van der Waals surface area contributed by atoms with E-state index in [-0.39, 0.29) is 53.2 Å². The third-order valence-corrected chi connectivity index (χ3v) is 13.2. The van der Waals surface area contributed by atoms with Gasteiger partial charge in [-0.2, -0.15) is 0 Å². The molecule has 0 saturated carbocycles. The molecule has 0 aromatic carbocycles. The Labute approximate surface area is 307 Å². The summed E-state index contributed by atoms with van der Waals surface area (Å²) in [5.74, 6) is 0.354. The van der Waals surface area contributed by atoms with Crippen LogP contribution in [0.15, 0.2) is 20.7 Å². The van der Waals surface area contributed by atoms with Gasteiger partial charge in [0.15, 0.2) is 11.8 Å². The Balaban J connectivity index is 1.42. The van der Waals surface area contributed by atoms with E-state index in [1.807, 2.05) is 6.92 Å². The number of Topliss-reactive ketones (excluding diaryl/α,β-unsaturated/α-hetero) is 1. The zero-order chi connectivity index (χ0) is 35.7. The number of carbonyl (C=O) groups is 4. The second kappa shape index (κ2) is 15.7. The molecule has 270 valence electrons. The van der Waals surface area contributed by atoms with Gasteiger partial charge in [0.25, 0.3) is 11.8 Å². The average Bonchev–Trinajstić information content (AvgIpc) is 3.86. The van der Waals surface area contributed by atoms with Crippen LogP contribution in [-0.4, -0.2) is 93.1 Å². The largest absolute Gasteiger partial charge is 0.474 e. The predicted octanol–water partition coefficient (Wildman–Crippen LogP) is 4.57. The summed E-state index contributed by atoms with van der Waals surface area (Å²) in [5.41, 5.74) is 0.467. The molecule has 2 aromatic heterocycles. The normalized spacial score (nSPS) is 30.7. The van der Waals surface area contributed by atoms with Crippen molar-refractivity contribution in [3.05, 3.63) is 32.2 Å². The van der Waals surface area contributed by atoms with Crippen LogP contribution in [0.25, 0.3) is 0 Å². The van der Waals surface area contributed by atoms with Crippen LogP contribution < -0.4 is 16.0 Å². The zero-order valence-corrected chi connectivity index (χ0v) is 32.1. The number of hydrogen-bond acceptors (Lipinski definition) is 14. The lowest BCUT2D eigenvalue weighted by Gasteiger charge is -2.22. The van der Waals surface area contributed by atoms with Gasteiger partial charge < -0.3 is 25.4 Å². The summed E-state index contributed by atoms with van der Waals surface area (Å²) in [6, 6.07) is -3.36. The van der Waals surface area contributed by atoms with Crippen LogP contribution in [0.5, 0.6) is 0 Å². The van der Waals surface area contributed by atoms with Gasteiger partial charge >= 0.3 is 0 Å². The lowest BCUT2D eigenvalue weighted by molar-refractivity contribution is -0.124. The number of nitrogens with one attached hydrogen (secondary N) is 3. The van der Waals surface area contributed by atoms with E-state index in [2.05, 4.69) is 48.6 Å². The molecule has 2 aromatic rings. The predicted molar refractivity (Wildman–Crippen MR) is 197 cm³/mol. The third kappa shape index (κ3) is 8.37. The third-order valence-electron chi connectivity index (χ3n) is 8.78. The summed E-state index contributed by atoms with van der Waals surface area (Å²) < 4.78 is 12.4. The van der Waals surface area contributed by atoms with E-state index in [0.717, 1.165) is 0 Å². The van der Waals surface area contributed by atoms with Crippen molar-refractivity contribution in [2.45, 2.75) is 109 Å². The Morgan fingerprint density at radius 1 is 0.740 bits per heavy atom. The number of aromatic nitrogens is 2. The zero-order valence-electron chi connectivity index (χ0n) is 28.8. The Morgan fingerprint density at radius 3 is 1.84 bits per heavy atom. The minimum absolute atomic E-state index is 0.0762. The average molecular weight is 762 g/mol. The van der Waals surface area contributed by atoms with Crippen LogP contribution in [0.1, 0.15) is 104 Å². The van der Waals surface area contributed by atoms with Crippen LogP contribution in [0.4, 0.5) is 0 Å². The van der Waals surface area contributed by atoms with Crippen molar-refractivity contribution in [3.63, 3.8) is 0 Å². The van der Waals surface area contributed by atoms with Gasteiger partial charge in [-0.3, -0.25) is 19.2 Å². The van der Waals surface area contributed by atoms with E-state index in [1.54, 1.807) is 17.7 Å². The standard InChI is InChI=1S/C33H43N7O6S4/c1-14(2)7-18-9-24(41)25-16(5)45-30(39-25)22-12-49-50-13-23(36-27(42)20-10-47-32(18)37-20)31-40-26(17(6)46-31)29(44)34-19(8-15(3)4)33-38-21(11-48-33)28(43)35-22/h10-11,14-19,22-23,25-26H,7-9,12-13H2,1-6H3,(H,34,44)(H,35,43)(H,36,42)/t16-,17-,18?,19-,22-,23-,25+,26?/m1/s1. The quantitative estimate of drug-likeness (QED) is 0.375. The number of nitrogens with zero attached hydrogens (tertiary/aromatic N) is 4. The van der Waals surface area contributed by atoms with Crippen molar-refractivity contribution >= 4 is 79.6 Å². The van der Waals surface area contributed by atoms with E-state index in [9.17, 15) is 19.2 Å². The molecular formula is C33H43N7O6S4. The summed E-state index contributed by atoms with van der Waals surface area (Å²) in [6.07, 6.45) is 0.399. The maximum Gasteiger partial charge on any atom is 0.271 e. The Morgan fingerprint density at radius 2 is 1.26 bits per heavy atom. The first-order chi connectivity index (χ1) is 23.9. The Hall–Kier alpha value is -3.02. The van der Waals surface area contributed by atoms with Gasteiger partial charge in [-0.25, -0.2) is 20.0 Å². The minimum Gasteiger partial charge on any atom is -0.474 e. The van der Waals surface area contributed by atoms with Crippen molar-refractivity contribution in [2.24, 2.45) is 21.8 Å². The lowest BCUT2D eigenvalue weighted by Crippen LogP contribution is -2.44. The van der Waals surface area contributed by atoms with Crippen LogP contribution in [0.3, 0.4) is 0 Å². The van der Waals surface area contributed by atoms with Crippen molar-refractivity contribution in [2.75, 3.05) is 11.5 Å². The van der Waals surface area contributed by atoms with Gasteiger partial charge in [-0.05, 0) is 38.5 Å². The highest BCUT2D eigenvalue weighted by Crippen LogP contribution is 2.34. The number of ether oxygens (including phenoxy) is 2. The van der Waals surface area contributed by atoms with Gasteiger partial charge in [0.1, 0.15) is 46.7 Å². The number of ketones is 1. The maximum absolute atomic E-state index is 13.8. The molecule has 2 unspecified atom stereocenters. The second-order valence-electron chi connectivity index (χ2n) is 13.9. The highest BCUT2D eigenvalue weighted by atomic mass is 33.1. The maximum atomic E-state index is 13.8. The number of hydrogen-bond donors (Lipinski definition) is 3. The molecule has 6 rings (SSSR count). The number of aliphatic imine (C=N–C) groups is 2. The summed E-state index contributed by atoms with van der Waals surface area (Å²) in [6.45, 7) is 11.9.